The Morgan fingerprint density at radius 3 is 2.87 bits per heavy atom. The second-order valence-electron chi connectivity index (χ2n) is 5.15. The Hall–Kier alpha value is -1.99. The summed E-state index contributed by atoms with van der Waals surface area (Å²) in [4.78, 5) is 15.6. The second-order valence-corrected chi connectivity index (χ2v) is 6.88. The molecule has 23 heavy (non-hydrogen) atoms. The molecule has 2 rings (SSSR count). The maximum Gasteiger partial charge on any atom is 0.305 e. The summed E-state index contributed by atoms with van der Waals surface area (Å²) in [7, 11) is -3.67. The summed E-state index contributed by atoms with van der Waals surface area (Å²) in [5, 5.41) is 0.777. The van der Waals surface area contributed by atoms with E-state index in [1.165, 1.54) is 6.07 Å². The number of para-hydroxylation sites is 1. The van der Waals surface area contributed by atoms with Gasteiger partial charge in [-0.05, 0) is 38.0 Å². The van der Waals surface area contributed by atoms with Gasteiger partial charge >= 0.3 is 5.97 Å². The van der Waals surface area contributed by atoms with Crippen molar-refractivity contribution in [3.63, 3.8) is 0 Å². The maximum absolute atomic E-state index is 12.4. The van der Waals surface area contributed by atoms with E-state index in [-0.39, 0.29) is 23.8 Å². The number of esters is 1. The van der Waals surface area contributed by atoms with E-state index in [4.69, 9.17) is 4.74 Å². The van der Waals surface area contributed by atoms with E-state index in [9.17, 15) is 13.2 Å². The summed E-state index contributed by atoms with van der Waals surface area (Å²) in [6.07, 6.45) is 2.21. The van der Waals surface area contributed by atoms with E-state index < -0.39 is 10.0 Å². The zero-order valence-corrected chi connectivity index (χ0v) is 14.0. The fourth-order valence-electron chi connectivity index (χ4n) is 2.21. The average Bonchev–Trinajstić information content (AvgIpc) is 2.51. The highest BCUT2D eigenvalue weighted by atomic mass is 32.2. The van der Waals surface area contributed by atoms with Crippen molar-refractivity contribution in [3.05, 3.63) is 36.0 Å². The lowest BCUT2D eigenvalue weighted by atomic mass is 10.2. The molecule has 0 aliphatic carbocycles. The van der Waals surface area contributed by atoms with Gasteiger partial charge in [0.2, 0.25) is 10.0 Å². The summed E-state index contributed by atoms with van der Waals surface area (Å²) in [6, 6.07) is 6.94. The molecule has 6 nitrogen and oxygen atoms in total. The van der Waals surface area contributed by atoms with Crippen LogP contribution in [-0.4, -0.2) is 32.5 Å². The molecule has 0 saturated heterocycles. The third kappa shape index (κ3) is 4.49. The molecule has 0 unspecified atom stereocenters. The highest BCUT2D eigenvalue weighted by Gasteiger charge is 2.17. The standard InChI is InChI=1S/C16H20N2O4S/c1-3-22-15(19)8-5-9-18-23(20,21)14-7-4-6-13-10-12(2)11-17-16(13)14/h4,6-7,10-11,18H,3,5,8-9H2,1-2H3. The number of carbonyl (C=O) groups is 1. The van der Waals surface area contributed by atoms with Crippen LogP contribution < -0.4 is 4.72 Å². The topological polar surface area (TPSA) is 85.4 Å². The lowest BCUT2D eigenvalue weighted by Gasteiger charge is -2.09. The fraction of sp³-hybridized carbons (Fsp3) is 0.375. The van der Waals surface area contributed by atoms with Gasteiger partial charge in [-0.2, -0.15) is 0 Å². The molecule has 0 atom stereocenters. The number of nitrogens with zero attached hydrogens (tertiary/aromatic N) is 1. The van der Waals surface area contributed by atoms with Crippen LogP contribution in [0.1, 0.15) is 25.3 Å². The Labute approximate surface area is 135 Å². The van der Waals surface area contributed by atoms with Crippen molar-refractivity contribution in [2.24, 2.45) is 0 Å². The first kappa shape index (κ1) is 17.4. The van der Waals surface area contributed by atoms with Gasteiger partial charge in [-0.3, -0.25) is 9.78 Å². The van der Waals surface area contributed by atoms with Gasteiger partial charge in [-0.1, -0.05) is 12.1 Å². The second kappa shape index (κ2) is 7.52. The summed E-state index contributed by atoms with van der Waals surface area (Å²) < 4.78 is 32.2. The van der Waals surface area contributed by atoms with E-state index in [0.717, 1.165) is 10.9 Å². The number of sulfonamides is 1. The number of aromatic nitrogens is 1. The number of benzene rings is 1. The van der Waals surface area contributed by atoms with Crippen molar-refractivity contribution in [2.45, 2.75) is 31.6 Å². The number of hydrogen-bond donors (Lipinski definition) is 1. The molecule has 1 aromatic carbocycles. The molecule has 0 fully saturated rings. The SMILES string of the molecule is CCOC(=O)CCCNS(=O)(=O)c1cccc2cc(C)cnc12. The summed E-state index contributed by atoms with van der Waals surface area (Å²) in [5.74, 6) is -0.325. The van der Waals surface area contributed by atoms with Crippen molar-refractivity contribution in [2.75, 3.05) is 13.2 Å². The molecule has 0 spiro atoms. The molecule has 0 bridgehead atoms. The molecule has 0 aliphatic rings. The summed E-state index contributed by atoms with van der Waals surface area (Å²) >= 11 is 0. The van der Waals surface area contributed by atoms with Crippen molar-refractivity contribution in [1.29, 1.82) is 0 Å². The monoisotopic (exact) mass is 336 g/mol. The van der Waals surface area contributed by atoms with Gasteiger partial charge < -0.3 is 4.74 Å². The molecule has 0 radical (unpaired) electrons. The van der Waals surface area contributed by atoms with E-state index in [1.807, 2.05) is 19.1 Å². The summed E-state index contributed by atoms with van der Waals surface area (Å²) in [5.41, 5.74) is 1.41. The van der Waals surface area contributed by atoms with Gasteiger partial charge in [0.05, 0.1) is 12.1 Å². The molecule has 0 amide bonds. The van der Waals surface area contributed by atoms with Crippen molar-refractivity contribution in [1.82, 2.24) is 9.71 Å². The van der Waals surface area contributed by atoms with Crippen LogP contribution in [0.5, 0.6) is 0 Å². The Morgan fingerprint density at radius 1 is 1.35 bits per heavy atom. The minimum absolute atomic E-state index is 0.145. The number of ether oxygens (including phenoxy) is 1. The molecular formula is C16H20N2O4S. The van der Waals surface area contributed by atoms with Crippen LogP contribution in [-0.2, 0) is 19.6 Å². The Morgan fingerprint density at radius 2 is 2.13 bits per heavy atom. The Balaban J connectivity index is 2.10. The number of pyridine rings is 1. The fourth-order valence-corrected chi connectivity index (χ4v) is 3.46. The van der Waals surface area contributed by atoms with Crippen LogP contribution in [0.3, 0.4) is 0 Å². The van der Waals surface area contributed by atoms with Gasteiger partial charge in [0.25, 0.3) is 0 Å². The van der Waals surface area contributed by atoms with Crippen molar-refractivity contribution < 1.29 is 17.9 Å². The molecule has 1 N–H and O–H groups in total. The first-order valence-electron chi connectivity index (χ1n) is 7.44. The minimum atomic E-state index is -3.67. The van der Waals surface area contributed by atoms with Gasteiger partial charge in [-0.25, -0.2) is 13.1 Å². The molecule has 0 aliphatic heterocycles. The van der Waals surface area contributed by atoms with Crippen LogP contribution in [0, 0.1) is 6.92 Å². The van der Waals surface area contributed by atoms with Crippen molar-refractivity contribution >= 4 is 26.9 Å². The third-order valence-electron chi connectivity index (χ3n) is 3.26. The lowest BCUT2D eigenvalue weighted by Crippen LogP contribution is -2.25. The highest BCUT2D eigenvalue weighted by molar-refractivity contribution is 7.89. The first-order chi connectivity index (χ1) is 10.9. The lowest BCUT2D eigenvalue weighted by molar-refractivity contribution is -0.143. The van der Waals surface area contributed by atoms with Gasteiger partial charge in [0.15, 0.2) is 0 Å². The molecule has 2 aromatic rings. The quantitative estimate of drug-likeness (QED) is 0.618. The predicted octanol–water partition coefficient (Wildman–Crippen LogP) is 2.16. The molecule has 0 saturated carbocycles. The maximum atomic E-state index is 12.4. The van der Waals surface area contributed by atoms with Crippen LogP contribution in [0.4, 0.5) is 0 Å². The number of aryl methyl sites for hydroxylation is 1. The Bertz CT molecular complexity index is 803. The van der Waals surface area contributed by atoms with Gasteiger partial charge in [0.1, 0.15) is 4.90 Å². The number of rotatable bonds is 7. The van der Waals surface area contributed by atoms with E-state index >= 15 is 0 Å². The van der Waals surface area contributed by atoms with E-state index in [1.54, 1.807) is 19.2 Å². The van der Waals surface area contributed by atoms with Crippen LogP contribution in [0.2, 0.25) is 0 Å². The highest BCUT2D eigenvalue weighted by Crippen LogP contribution is 2.21. The average molecular weight is 336 g/mol. The number of hydrogen-bond acceptors (Lipinski definition) is 5. The zero-order chi connectivity index (χ0) is 16.9. The summed E-state index contributed by atoms with van der Waals surface area (Å²) in [6.45, 7) is 4.13. The Kier molecular flexibility index (Phi) is 5.68. The molecule has 7 heteroatoms. The molecule has 1 aromatic heterocycles. The minimum Gasteiger partial charge on any atom is -0.466 e. The smallest absolute Gasteiger partial charge is 0.305 e. The molecule has 124 valence electrons. The molecule has 1 heterocycles. The first-order valence-corrected chi connectivity index (χ1v) is 8.93. The van der Waals surface area contributed by atoms with Crippen molar-refractivity contribution in [3.8, 4) is 0 Å². The van der Waals surface area contributed by atoms with Crippen LogP contribution >= 0.6 is 0 Å². The third-order valence-corrected chi connectivity index (χ3v) is 4.75. The van der Waals surface area contributed by atoms with Crippen LogP contribution in [0.25, 0.3) is 10.9 Å². The van der Waals surface area contributed by atoms with Gasteiger partial charge in [0, 0.05) is 24.5 Å². The number of fused-ring (bicyclic) bond motifs is 1. The predicted molar refractivity (Wildman–Crippen MR) is 87.5 cm³/mol. The normalized spacial score (nSPS) is 11.6. The van der Waals surface area contributed by atoms with E-state index in [0.29, 0.717) is 18.5 Å². The number of carbonyl (C=O) groups excluding carboxylic acids is 1. The number of nitrogens with one attached hydrogen (secondary N) is 1. The van der Waals surface area contributed by atoms with Crippen LogP contribution in [0.15, 0.2) is 35.4 Å². The molecular weight excluding hydrogens is 316 g/mol. The zero-order valence-electron chi connectivity index (χ0n) is 13.2. The van der Waals surface area contributed by atoms with Gasteiger partial charge in [-0.15, -0.1) is 0 Å². The largest absolute Gasteiger partial charge is 0.466 e. The van der Waals surface area contributed by atoms with E-state index in [2.05, 4.69) is 9.71 Å².